The normalized spacial score (nSPS) is 11.6. The van der Waals surface area contributed by atoms with Gasteiger partial charge in [-0.3, -0.25) is 14.6 Å². The molecular weight excluding hydrogens is 338 g/mol. The monoisotopic (exact) mass is 357 g/mol. The summed E-state index contributed by atoms with van der Waals surface area (Å²) in [7, 11) is 0. The van der Waals surface area contributed by atoms with E-state index >= 15 is 0 Å². The Balaban J connectivity index is 2.07. The van der Waals surface area contributed by atoms with Gasteiger partial charge in [-0.05, 0) is 30.0 Å². The van der Waals surface area contributed by atoms with Gasteiger partial charge < -0.3 is 10.3 Å². The Labute approximate surface area is 156 Å². The molecule has 1 amide bonds. The number of amides is 1. The summed E-state index contributed by atoms with van der Waals surface area (Å²) in [6.07, 6.45) is 8.20. The van der Waals surface area contributed by atoms with E-state index in [9.17, 15) is 9.59 Å². The molecule has 0 aliphatic carbocycles. The molecule has 5 nitrogen and oxygen atoms in total. The number of benzene rings is 1. The number of rotatable bonds is 5. The van der Waals surface area contributed by atoms with Crippen molar-refractivity contribution < 1.29 is 4.79 Å². The van der Waals surface area contributed by atoms with Crippen LogP contribution in [0.4, 0.5) is 0 Å². The summed E-state index contributed by atoms with van der Waals surface area (Å²) in [5, 5.41) is 4.67. The van der Waals surface area contributed by atoms with Gasteiger partial charge in [0.25, 0.3) is 11.5 Å². The molecule has 0 aliphatic rings. The van der Waals surface area contributed by atoms with E-state index in [1.165, 1.54) is 6.08 Å². The van der Waals surface area contributed by atoms with Crippen molar-refractivity contribution >= 4 is 16.7 Å². The summed E-state index contributed by atoms with van der Waals surface area (Å²) in [6, 6.07) is 9.38. The van der Waals surface area contributed by atoms with E-state index in [0.717, 1.165) is 21.9 Å². The van der Waals surface area contributed by atoms with Crippen LogP contribution in [0.1, 0.15) is 17.3 Å². The average Bonchev–Trinajstić information content (AvgIpc) is 2.71. The smallest absolute Gasteiger partial charge is 0.261 e. The summed E-state index contributed by atoms with van der Waals surface area (Å²) in [4.78, 5) is 31.8. The first kappa shape index (κ1) is 18.1. The molecule has 5 heteroatoms. The summed E-state index contributed by atoms with van der Waals surface area (Å²) in [5.41, 5.74) is 2.34. The quantitative estimate of drug-likeness (QED) is 0.679. The van der Waals surface area contributed by atoms with E-state index < -0.39 is 11.5 Å². The molecule has 27 heavy (non-hydrogen) atoms. The van der Waals surface area contributed by atoms with Crippen LogP contribution in [0.15, 0.2) is 90.3 Å². The van der Waals surface area contributed by atoms with E-state index in [2.05, 4.69) is 28.4 Å². The number of fused-ring (bicyclic) bond motifs is 1. The highest BCUT2D eigenvalue weighted by Gasteiger charge is 2.14. The van der Waals surface area contributed by atoms with Crippen LogP contribution in [-0.4, -0.2) is 15.9 Å². The van der Waals surface area contributed by atoms with E-state index in [-0.39, 0.29) is 5.56 Å². The second-order valence-corrected chi connectivity index (χ2v) is 6.00. The third-order valence-corrected chi connectivity index (χ3v) is 4.31. The van der Waals surface area contributed by atoms with Crippen molar-refractivity contribution in [2.75, 3.05) is 0 Å². The van der Waals surface area contributed by atoms with E-state index in [1.54, 1.807) is 37.7 Å². The minimum Gasteiger partial charge on any atom is -0.328 e. The van der Waals surface area contributed by atoms with Crippen LogP contribution in [0.3, 0.4) is 0 Å². The predicted octanol–water partition coefficient (Wildman–Crippen LogP) is 3.97. The Morgan fingerprint density at radius 3 is 2.70 bits per heavy atom. The van der Waals surface area contributed by atoms with Gasteiger partial charge in [0, 0.05) is 40.8 Å². The molecule has 3 aromatic rings. The fourth-order valence-corrected chi connectivity index (χ4v) is 2.76. The zero-order valence-electron chi connectivity index (χ0n) is 15.0. The van der Waals surface area contributed by atoms with Crippen LogP contribution in [0, 0.1) is 0 Å². The van der Waals surface area contributed by atoms with Gasteiger partial charge in [-0.2, -0.15) is 0 Å². The lowest BCUT2D eigenvalue weighted by molar-refractivity contribution is 0.0965. The first-order valence-electron chi connectivity index (χ1n) is 8.38. The summed E-state index contributed by atoms with van der Waals surface area (Å²) in [5.74, 6) is -0.512. The Morgan fingerprint density at radius 1 is 1.19 bits per heavy atom. The minimum absolute atomic E-state index is 0.0108. The Hall–Kier alpha value is -3.73. The molecule has 2 heterocycles. The molecular formula is C22H19N3O2. The summed E-state index contributed by atoms with van der Waals surface area (Å²) < 4.78 is 0. The number of nitrogens with zero attached hydrogens (tertiary/aromatic N) is 1. The van der Waals surface area contributed by atoms with Crippen LogP contribution in [0.25, 0.3) is 21.9 Å². The number of H-pyrrole nitrogens is 1. The lowest BCUT2D eigenvalue weighted by atomic mass is 10.0. The Bertz CT molecular complexity index is 1130. The van der Waals surface area contributed by atoms with Gasteiger partial charge in [-0.15, -0.1) is 0 Å². The highest BCUT2D eigenvalue weighted by molar-refractivity contribution is 5.99. The zero-order chi connectivity index (χ0) is 19.4. The van der Waals surface area contributed by atoms with Crippen molar-refractivity contribution in [2.24, 2.45) is 0 Å². The van der Waals surface area contributed by atoms with Gasteiger partial charge in [0.05, 0.1) is 0 Å². The number of aromatic amines is 1. The Morgan fingerprint density at radius 2 is 1.96 bits per heavy atom. The first-order valence-corrected chi connectivity index (χ1v) is 8.38. The lowest BCUT2D eigenvalue weighted by Gasteiger charge is -2.10. The molecule has 134 valence electrons. The highest BCUT2D eigenvalue weighted by atomic mass is 16.2. The van der Waals surface area contributed by atoms with Crippen molar-refractivity contribution in [2.45, 2.75) is 6.92 Å². The molecule has 0 fully saturated rings. The van der Waals surface area contributed by atoms with Crippen LogP contribution >= 0.6 is 0 Å². The molecule has 0 atom stereocenters. The number of hydrogen-bond donors (Lipinski definition) is 2. The van der Waals surface area contributed by atoms with Crippen molar-refractivity contribution in [1.29, 1.82) is 0 Å². The highest BCUT2D eigenvalue weighted by Crippen LogP contribution is 2.27. The molecule has 0 saturated carbocycles. The molecule has 0 unspecified atom stereocenters. The number of pyridine rings is 2. The molecule has 0 spiro atoms. The average molecular weight is 357 g/mol. The number of carbonyl (C=O) groups excluding carboxylic acids is 1. The molecule has 3 rings (SSSR count). The van der Waals surface area contributed by atoms with Crippen LogP contribution in [0.2, 0.25) is 0 Å². The lowest BCUT2D eigenvalue weighted by Crippen LogP contribution is -2.29. The molecule has 0 aliphatic heterocycles. The largest absolute Gasteiger partial charge is 0.328 e. The maximum Gasteiger partial charge on any atom is 0.261 e. The minimum atomic E-state index is -0.512. The van der Waals surface area contributed by atoms with Gasteiger partial charge in [-0.25, -0.2) is 0 Å². The maximum atomic E-state index is 12.6. The zero-order valence-corrected chi connectivity index (χ0v) is 15.0. The Kier molecular flexibility index (Phi) is 5.13. The van der Waals surface area contributed by atoms with Crippen molar-refractivity contribution in [3.05, 3.63) is 101 Å². The number of aromatic nitrogens is 2. The molecule has 0 radical (unpaired) electrons. The molecule has 2 N–H and O–H groups in total. The van der Waals surface area contributed by atoms with Gasteiger partial charge in [0.15, 0.2) is 0 Å². The van der Waals surface area contributed by atoms with Crippen molar-refractivity contribution in [3.8, 4) is 11.1 Å². The number of carbonyl (C=O) groups is 1. The second kappa shape index (κ2) is 7.66. The van der Waals surface area contributed by atoms with Gasteiger partial charge in [0.1, 0.15) is 5.56 Å². The van der Waals surface area contributed by atoms with Crippen molar-refractivity contribution in [3.63, 3.8) is 0 Å². The maximum absolute atomic E-state index is 12.6. The van der Waals surface area contributed by atoms with Crippen LogP contribution < -0.4 is 10.9 Å². The molecule has 0 saturated heterocycles. The third-order valence-electron chi connectivity index (χ3n) is 4.31. The third kappa shape index (κ3) is 3.62. The standard InChI is InChI=1S/C22H19N3O2/c1-4-14(3)20(5-2)25-22(27)18-10-16(12-24-21(18)26)19-13-23-11-15-8-6-7-9-17(15)19/h4-13H,1-2H2,3H3,(H,24,26)(H,25,27)/b20-14+. The van der Waals surface area contributed by atoms with Crippen LogP contribution in [-0.2, 0) is 0 Å². The summed E-state index contributed by atoms with van der Waals surface area (Å²) >= 11 is 0. The fourth-order valence-electron chi connectivity index (χ4n) is 2.76. The number of hydrogen-bond acceptors (Lipinski definition) is 3. The predicted molar refractivity (Wildman–Crippen MR) is 108 cm³/mol. The summed E-state index contributed by atoms with van der Waals surface area (Å²) in [6.45, 7) is 9.16. The van der Waals surface area contributed by atoms with E-state index in [1.807, 2.05) is 24.3 Å². The fraction of sp³-hybridized carbons (Fsp3) is 0.0455. The van der Waals surface area contributed by atoms with Crippen molar-refractivity contribution in [1.82, 2.24) is 15.3 Å². The topological polar surface area (TPSA) is 74.8 Å². The molecule has 0 bridgehead atoms. The van der Waals surface area contributed by atoms with Crippen LogP contribution in [0.5, 0.6) is 0 Å². The molecule has 1 aromatic carbocycles. The first-order chi connectivity index (χ1) is 13.0. The van der Waals surface area contributed by atoms with E-state index in [4.69, 9.17) is 0 Å². The number of allylic oxidation sites excluding steroid dienone is 3. The second-order valence-electron chi connectivity index (χ2n) is 6.00. The van der Waals surface area contributed by atoms with E-state index in [0.29, 0.717) is 11.3 Å². The van der Waals surface area contributed by atoms with Gasteiger partial charge >= 0.3 is 0 Å². The van der Waals surface area contributed by atoms with Gasteiger partial charge in [0.2, 0.25) is 0 Å². The molecule has 2 aromatic heterocycles. The number of nitrogens with one attached hydrogen (secondary N) is 2. The SMILES string of the molecule is C=C/C(C)=C(\C=C)NC(=O)c1cc(-c2cncc3ccccc23)c[nH]c1=O. The van der Waals surface area contributed by atoms with Gasteiger partial charge in [-0.1, -0.05) is 43.5 Å².